The predicted octanol–water partition coefficient (Wildman–Crippen LogP) is 1.92. The molecule has 0 aliphatic heterocycles. The van der Waals surface area contributed by atoms with Crippen molar-refractivity contribution in [3.05, 3.63) is 18.7 Å². The van der Waals surface area contributed by atoms with Gasteiger partial charge in [0, 0.05) is 6.54 Å². The zero-order valence-corrected chi connectivity index (χ0v) is 10.4. The number of H-pyrrole nitrogens is 1. The van der Waals surface area contributed by atoms with Crippen LogP contribution in [0.3, 0.4) is 0 Å². The molecule has 3 aromatic rings. The van der Waals surface area contributed by atoms with Crippen molar-refractivity contribution in [1.29, 1.82) is 0 Å². The van der Waals surface area contributed by atoms with Crippen molar-refractivity contribution < 1.29 is 4.42 Å². The quantitative estimate of drug-likeness (QED) is 0.694. The van der Waals surface area contributed by atoms with Crippen LogP contribution in [-0.2, 0) is 0 Å². The molecule has 0 aliphatic carbocycles. The number of hydrogen-bond acceptors (Lipinski definition) is 7. The molecule has 2 N–H and O–H groups in total. The second kappa shape index (κ2) is 4.65. The van der Waals surface area contributed by atoms with Crippen LogP contribution in [0.2, 0.25) is 0 Å². The van der Waals surface area contributed by atoms with E-state index in [1.807, 2.05) is 6.92 Å². The molecule has 3 aromatic heterocycles. The third kappa shape index (κ3) is 2.02. The second-order valence-electron chi connectivity index (χ2n) is 3.42. The van der Waals surface area contributed by atoms with Crippen LogP contribution in [0.25, 0.3) is 11.0 Å². The first-order valence-electron chi connectivity index (χ1n) is 5.39. The summed E-state index contributed by atoms with van der Waals surface area (Å²) in [5.41, 5.74) is 0.690. The van der Waals surface area contributed by atoms with Gasteiger partial charge in [0.15, 0.2) is 5.65 Å². The zero-order valence-electron chi connectivity index (χ0n) is 9.54. The number of nitrogens with zero attached hydrogens (tertiary/aromatic N) is 4. The Labute approximate surface area is 106 Å². The first-order valence-corrected chi connectivity index (χ1v) is 6.21. The molecular weight excluding hydrogens is 252 g/mol. The van der Waals surface area contributed by atoms with Crippen LogP contribution in [0.15, 0.2) is 33.3 Å². The number of nitrogens with one attached hydrogen (secondary N) is 2. The summed E-state index contributed by atoms with van der Waals surface area (Å²) in [6, 6.07) is 0. The first kappa shape index (κ1) is 11.0. The lowest BCUT2D eigenvalue weighted by Gasteiger charge is -2.03. The highest BCUT2D eigenvalue weighted by Crippen LogP contribution is 2.30. The molecule has 0 unspecified atom stereocenters. The van der Waals surface area contributed by atoms with Crippen LogP contribution in [0, 0.1) is 0 Å². The van der Waals surface area contributed by atoms with Gasteiger partial charge in [0.05, 0.1) is 17.8 Å². The van der Waals surface area contributed by atoms with E-state index in [2.05, 4.69) is 30.5 Å². The Bertz CT molecular complexity index is 649. The van der Waals surface area contributed by atoms with Gasteiger partial charge in [-0.15, -0.1) is 0 Å². The number of fused-ring (bicyclic) bond motifs is 1. The van der Waals surface area contributed by atoms with Crippen LogP contribution >= 0.6 is 11.8 Å². The van der Waals surface area contributed by atoms with Gasteiger partial charge in [-0.25, -0.2) is 9.97 Å². The highest BCUT2D eigenvalue weighted by molar-refractivity contribution is 7.99. The van der Waals surface area contributed by atoms with E-state index in [0.29, 0.717) is 16.8 Å². The highest BCUT2D eigenvalue weighted by atomic mass is 32.2. The molecule has 3 rings (SSSR count). The topological polar surface area (TPSA) is 92.5 Å². The lowest BCUT2D eigenvalue weighted by molar-refractivity contribution is 0.454. The van der Waals surface area contributed by atoms with E-state index in [9.17, 15) is 0 Å². The van der Waals surface area contributed by atoms with Gasteiger partial charge in [-0.3, -0.25) is 5.10 Å². The minimum atomic E-state index is 0.540. The van der Waals surface area contributed by atoms with Crippen LogP contribution < -0.4 is 5.32 Å². The van der Waals surface area contributed by atoms with E-state index in [1.54, 1.807) is 12.4 Å². The van der Waals surface area contributed by atoms with E-state index >= 15 is 0 Å². The smallest absolute Gasteiger partial charge is 0.261 e. The molecule has 0 radical (unpaired) electrons. The number of oxazole rings is 1. The summed E-state index contributed by atoms with van der Waals surface area (Å²) in [7, 11) is 0. The molecular formula is C10H10N6OS. The molecule has 0 fully saturated rings. The molecule has 8 heteroatoms. The van der Waals surface area contributed by atoms with Crippen LogP contribution in [-0.4, -0.2) is 31.7 Å². The van der Waals surface area contributed by atoms with Gasteiger partial charge in [-0.1, -0.05) is 0 Å². The third-order valence-corrected chi connectivity index (χ3v) is 3.08. The van der Waals surface area contributed by atoms with Gasteiger partial charge in [-0.2, -0.15) is 10.1 Å². The Hall–Kier alpha value is -2.09. The Balaban J connectivity index is 2.04. The first-order chi connectivity index (χ1) is 8.86. The summed E-state index contributed by atoms with van der Waals surface area (Å²) in [4.78, 5) is 12.8. The second-order valence-corrected chi connectivity index (χ2v) is 4.36. The summed E-state index contributed by atoms with van der Waals surface area (Å²) < 4.78 is 5.20. The van der Waals surface area contributed by atoms with Crippen molar-refractivity contribution in [2.24, 2.45) is 0 Å². The Kier molecular flexibility index (Phi) is 2.85. The van der Waals surface area contributed by atoms with E-state index in [0.717, 1.165) is 17.0 Å². The number of hydrogen-bond donors (Lipinski definition) is 2. The van der Waals surface area contributed by atoms with Crippen molar-refractivity contribution in [2.75, 3.05) is 11.9 Å². The lowest BCUT2D eigenvalue weighted by atomic mass is 10.4. The summed E-state index contributed by atoms with van der Waals surface area (Å²) in [5, 5.41) is 12.0. The van der Waals surface area contributed by atoms with Crippen LogP contribution in [0.1, 0.15) is 6.92 Å². The Morgan fingerprint density at radius 1 is 1.44 bits per heavy atom. The van der Waals surface area contributed by atoms with Gasteiger partial charge < -0.3 is 9.73 Å². The van der Waals surface area contributed by atoms with Gasteiger partial charge in [0.1, 0.15) is 11.3 Å². The summed E-state index contributed by atoms with van der Waals surface area (Å²) in [5.74, 6) is 0.559. The minimum absolute atomic E-state index is 0.540. The average molecular weight is 262 g/mol. The molecule has 3 heterocycles. The monoisotopic (exact) mass is 262 g/mol. The van der Waals surface area contributed by atoms with Gasteiger partial charge in [0.25, 0.3) is 5.22 Å². The molecule has 7 nitrogen and oxygen atoms in total. The fraction of sp³-hybridized carbons (Fsp3) is 0.200. The maximum Gasteiger partial charge on any atom is 0.261 e. The molecule has 0 atom stereocenters. The Morgan fingerprint density at radius 2 is 2.39 bits per heavy atom. The van der Waals surface area contributed by atoms with E-state index in [-0.39, 0.29) is 0 Å². The number of aromatic nitrogens is 5. The maximum atomic E-state index is 5.20. The Morgan fingerprint density at radius 3 is 3.17 bits per heavy atom. The fourth-order valence-electron chi connectivity index (χ4n) is 1.47. The highest BCUT2D eigenvalue weighted by Gasteiger charge is 2.12. The van der Waals surface area contributed by atoms with Crippen LogP contribution in [0.4, 0.5) is 5.95 Å². The zero-order chi connectivity index (χ0) is 12.4. The fourth-order valence-corrected chi connectivity index (χ4v) is 2.24. The SMILES string of the molecule is CCNc1nc(Sc2ncco2)c2cn[nH]c2n1. The minimum Gasteiger partial charge on any atom is -0.440 e. The number of anilines is 1. The van der Waals surface area contributed by atoms with Gasteiger partial charge in [-0.05, 0) is 18.7 Å². The van der Waals surface area contributed by atoms with E-state index < -0.39 is 0 Å². The summed E-state index contributed by atoms with van der Waals surface area (Å²) in [6.07, 6.45) is 4.82. The van der Waals surface area contributed by atoms with Gasteiger partial charge in [0.2, 0.25) is 5.95 Å². The molecule has 0 amide bonds. The third-order valence-electron chi connectivity index (χ3n) is 2.20. The van der Waals surface area contributed by atoms with Crippen LogP contribution in [0.5, 0.6) is 0 Å². The normalized spacial score (nSPS) is 10.9. The van der Waals surface area contributed by atoms with E-state index in [1.165, 1.54) is 18.0 Å². The molecule has 0 aromatic carbocycles. The standard InChI is InChI=1S/C10H10N6OS/c1-2-11-9-14-7-6(5-13-16-7)8(15-9)18-10-12-3-4-17-10/h3-5H,2H2,1H3,(H2,11,13,14,15,16). The van der Waals surface area contributed by atoms with Crippen molar-refractivity contribution in [3.63, 3.8) is 0 Å². The van der Waals surface area contributed by atoms with Crippen molar-refractivity contribution in [2.45, 2.75) is 17.2 Å². The maximum absolute atomic E-state index is 5.20. The largest absolute Gasteiger partial charge is 0.440 e. The van der Waals surface area contributed by atoms with Crippen molar-refractivity contribution in [3.8, 4) is 0 Å². The van der Waals surface area contributed by atoms with Crippen molar-refractivity contribution in [1.82, 2.24) is 25.1 Å². The molecule has 92 valence electrons. The molecule has 0 aliphatic rings. The van der Waals surface area contributed by atoms with E-state index in [4.69, 9.17) is 4.42 Å². The number of aromatic amines is 1. The van der Waals surface area contributed by atoms with Gasteiger partial charge >= 0.3 is 0 Å². The molecule has 0 bridgehead atoms. The lowest BCUT2D eigenvalue weighted by Crippen LogP contribution is -2.02. The number of rotatable bonds is 4. The molecule has 0 saturated carbocycles. The molecule has 18 heavy (non-hydrogen) atoms. The van der Waals surface area contributed by atoms with Crippen molar-refractivity contribution >= 4 is 28.7 Å². The molecule has 0 saturated heterocycles. The summed E-state index contributed by atoms with van der Waals surface area (Å²) in [6.45, 7) is 2.74. The average Bonchev–Trinajstić information content (AvgIpc) is 2.99. The molecule has 0 spiro atoms. The summed E-state index contributed by atoms with van der Waals surface area (Å²) >= 11 is 1.34. The predicted molar refractivity (Wildman–Crippen MR) is 66.5 cm³/mol.